The molecular weight excluding hydrogens is 290 g/mol. The van der Waals surface area contributed by atoms with Crippen molar-refractivity contribution >= 4 is 17.1 Å². The molecule has 1 aromatic heterocycles. The van der Waals surface area contributed by atoms with Gasteiger partial charge in [0.1, 0.15) is 5.52 Å². The third kappa shape index (κ3) is 2.83. The zero-order valence-electron chi connectivity index (χ0n) is 14.2. The molecule has 124 valence electrons. The minimum absolute atomic E-state index is 0.123. The van der Waals surface area contributed by atoms with Gasteiger partial charge in [-0.15, -0.1) is 0 Å². The molecule has 3 heterocycles. The van der Waals surface area contributed by atoms with Crippen LogP contribution in [0.4, 0.5) is 6.01 Å². The number of hydrogen-bond donors (Lipinski definition) is 0. The Labute approximate surface area is 137 Å². The molecule has 2 aliphatic heterocycles. The highest BCUT2D eigenvalue weighted by atomic mass is 16.5. The number of anilines is 1. The van der Waals surface area contributed by atoms with Crippen LogP contribution in [0.25, 0.3) is 11.1 Å². The van der Waals surface area contributed by atoms with Crippen LogP contribution >= 0.6 is 0 Å². The molecule has 23 heavy (non-hydrogen) atoms. The van der Waals surface area contributed by atoms with E-state index < -0.39 is 0 Å². The molecule has 0 N–H and O–H groups in total. The molecular formula is C18H25N3O2. The van der Waals surface area contributed by atoms with Gasteiger partial charge in [0.15, 0.2) is 5.58 Å². The van der Waals surface area contributed by atoms with Gasteiger partial charge in [0.25, 0.3) is 6.01 Å². The molecule has 1 aromatic carbocycles. The summed E-state index contributed by atoms with van der Waals surface area (Å²) >= 11 is 0. The molecule has 5 heteroatoms. The summed E-state index contributed by atoms with van der Waals surface area (Å²) in [5.74, 6) is 0. The van der Waals surface area contributed by atoms with Gasteiger partial charge in [-0.3, -0.25) is 4.90 Å². The van der Waals surface area contributed by atoms with Gasteiger partial charge in [-0.2, -0.15) is 4.98 Å². The Balaban J connectivity index is 1.59. The number of hydrogen-bond acceptors (Lipinski definition) is 5. The summed E-state index contributed by atoms with van der Waals surface area (Å²) in [6.45, 7) is 12.3. The highest BCUT2D eigenvalue weighted by molar-refractivity contribution is 5.75. The highest BCUT2D eigenvalue weighted by Crippen LogP contribution is 2.29. The topological polar surface area (TPSA) is 41.7 Å². The van der Waals surface area contributed by atoms with Crippen molar-refractivity contribution < 1.29 is 9.15 Å². The molecule has 0 bridgehead atoms. The van der Waals surface area contributed by atoms with Crippen LogP contribution in [0.1, 0.15) is 26.3 Å². The second-order valence-electron chi connectivity index (χ2n) is 7.64. The Kier molecular flexibility index (Phi) is 3.58. The van der Waals surface area contributed by atoms with Crippen LogP contribution in [0.2, 0.25) is 0 Å². The third-order valence-electron chi connectivity index (χ3n) is 4.95. The summed E-state index contributed by atoms with van der Waals surface area (Å²) in [5, 5.41) is 0. The molecule has 2 aromatic rings. The first-order valence-electron chi connectivity index (χ1n) is 8.48. The number of aromatic nitrogens is 1. The molecule has 0 saturated carbocycles. The maximum atomic E-state index is 6.01. The average molecular weight is 315 g/mol. The number of oxazole rings is 1. The zero-order valence-corrected chi connectivity index (χ0v) is 14.2. The maximum Gasteiger partial charge on any atom is 0.298 e. The van der Waals surface area contributed by atoms with E-state index in [1.807, 2.05) is 6.07 Å². The highest BCUT2D eigenvalue weighted by Gasteiger charge is 2.31. The van der Waals surface area contributed by atoms with E-state index in [4.69, 9.17) is 14.1 Å². The summed E-state index contributed by atoms with van der Waals surface area (Å²) in [6, 6.07) is 7.55. The second kappa shape index (κ2) is 5.49. The predicted octanol–water partition coefficient (Wildman–Crippen LogP) is 2.65. The van der Waals surface area contributed by atoms with Crippen LogP contribution in [0, 0.1) is 0 Å². The van der Waals surface area contributed by atoms with Crippen molar-refractivity contribution in [2.24, 2.45) is 0 Å². The van der Waals surface area contributed by atoms with Gasteiger partial charge >= 0.3 is 0 Å². The van der Waals surface area contributed by atoms with Crippen molar-refractivity contribution in [3.8, 4) is 0 Å². The fraction of sp³-hybridized carbons (Fsp3) is 0.611. The number of piperazine rings is 1. The van der Waals surface area contributed by atoms with E-state index in [0.717, 1.165) is 56.5 Å². The van der Waals surface area contributed by atoms with Crippen molar-refractivity contribution in [2.45, 2.75) is 32.2 Å². The normalized spacial score (nSPS) is 23.3. The molecule has 2 saturated heterocycles. The van der Waals surface area contributed by atoms with Gasteiger partial charge in [-0.1, -0.05) is 26.8 Å². The summed E-state index contributed by atoms with van der Waals surface area (Å²) in [7, 11) is 0. The van der Waals surface area contributed by atoms with E-state index in [1.165, 1.54) is 5.56 Å². The molecule has 0 radical (unpaired) electrons. The Bertz CT molecular complexity index is 704. The summed E-state index contributed by atoms with van der Waals surface area (Å²) in [5.41, 5.74) is 3.23. The fourth-order valence-electron chi connectivity index (χ4n) is 3.44. The Morgan fingerprint density at radius 1 is 1.17 bits per heavy atom. The predicted molar refractivity (Wildman–Crippen MR) is 91.1 cm³/mol. The van der Waals surface area contributed by atoms with E-state index >= 15 is 0 Å². The molecule has 4 rings (SSSR count). The maximum absolute atomic E-state index is 6.01. The second-order valence-corrected chi connectivity index (χ2v) is 7.64. The van der Waals surface area contributed by atoms with Gasteiger partial charge in [0, 0.05) is 26.2 Å². The molecule has 1 unspecified atom stereocenters. The molecule has 0 spiro atoms. The van der Waals surface area contributed by atoms with Gasteiger partial charge < -0.3 is 14.1 Å². The zero-order chi connectivity index (χ0) is 16.0. The number of ether oxygens (including phenoxy) is 1. The van der Waals surface area contributed by atoms with E-state index in [-0.39, 0.29) is 5.41 Å². The smallest absolute Gasteiger partial charge is 0.298 e. The van der Waals surface area contributed by atoms with Crippen LogP contribution in [0.15, 0.2) is 22.6 Å². The van der Waals surface area contributed by atoms with Crippen molar-refractivity contribution in [1.82, 2.24) is 9.88 Å². The van der Waals surface area contributed by atoms with Crippen LogP contribution in [0.5, 0.6) is 0 Å². The van der Waals surface area contributed by atoms with E-state index in [9.17, 15) is 0 Å². The largest absolute Gasteiger partial charge is 0.423 e. The first kappa shape index (κ1) is 15.0. The SMILES string of the molecule is CC(C)(C)c1ccc2oc(N3CCN4CCOCC4C3)nc2c1. The molecule has 5 nitrogen and oxygen atoms in total. The van der Waals surface area contributed by atoms with E-state index in [1.54, 1.807) is 0 Å². The first-order chi connectivity index (χ1) is 11.0. The van der Waals surface area contributed by atoms with Crippen molar-refractivity contribution in [3.63, 3.8) is 0 Å². The Morgan fingerprint density at radius 3 is 2.87 bits per heavy atom. The molecule has 2 fully saturated rings. The lowest BCUT2D eigenvalue weighted by Crippen LogP contribution is -2.58. The first-order valence-corrected chi connectivity index (χ1v) is 8.48. The number of morpholine rings is 1. The number of nitrogens with zero attached hydrogens (tertiary/aromatic N) is 3. The van der Waals surface area contributed by atoms with Crippen LogP contribution in [-0.4, -0.2) is 55.3 Å². The van der Waals surface area contributed by atoms with Gasteiger partial charge in [0.2, 0.25) is 0 Å². The van der Waals surface area contributed by atoms with Crippen molar-refractivity contribution in [2.75, 3.05) is 44.3 Å². The Morgan fingerprint density at radius 2 is 2.04 bits per heavy atom. The van der Waals surface area contributed by atoms with E-state index in [2.05, 4.69) is 42.7 Å². The van der Waals surface area contributed by atoms with Crippen LogP contribution in [0.3, 0.4) is 0 Å². The third-order valence-corrected chi connectivity index (χ3v) is 4.95. The minimum atomic E-state index is 0.123. The quantitative estimate of drug-likeness (QED) is 0.809. The van der Waals surface area contributed by atoms with Gasteiger partial charge in [0.05, 0.1) is 19.3 Å². The van der Waals surface area contributed by atoms with Gasteiger partial charge in [-0.05, 0) is 23.1 Å². The van der Waals surface area contributed by atoms with Crippen LogP contribution in [-0.2, 0) is 10.2 Å². The lowest BCUT2D eigenvalue weighted by Gasteiger charge is -2.43. The number of rotatable bonds is 1. The lowest BCUT2D eigenvalue weighted by molar-refractivity contribution is -0.0122. The molecule has 0 amide bonds. The standard InChI is InChI=1S/C18H25N3O2/c1-18(2,3)13-4-5-16-15(10-13)19-17(23-16)21-7-6-20-8-9-22-12-14(20)11-21/h4-5,10,14H,6-9,11-12H2,1-3H3. The van der Waals surface area contributed by atoms with Crippen LogP contribution < -0.4 is 4.90 Å². The number of benzene rings is 1. The summed E-state index contributed by atoms with van der Waals surface area (Å²) in [6.07, 6.45) is 0. The lowest BCUT2D eigenvalue weighted by atomic mass is 9.87. The minimum Gasteiger partial charge on any atom is -0.423 e. The summed E-state index contributed by atoms with van der Waals surface area (Å²) in [4.78, 5) is 9.52. The number of fused-ring (bicyclic) bond motifs is 2. The monoisotopic (exact) mass is 315 g/mol. The molecule has 0 aliphatic carbocycles. The molecule has 2 aliphatic rings. The Hall–Kier alpha value is -1.59. The fourth-order valence-corrected chi connectivity index (χ4v) is 3.44. The van der Waals surface area contributed by atoms with E-state index in [0.29, 0.717) is 6.04 Å². The summed E-state index contributed by atoms with van der Waals surface area (Å²) < 4.78 is 11.6. The molecule has 1 atom stereocenters. The van der Waals surface area contributed by atoms with Crippen molar-refractivity contribution in [1.29, 1.82) is 0 Å². The average Bonchev–Trinajstić information content (AvgIpc) is 2.96. The van der Waals surface area contributed by atoms with Crippen molar-refractivity contribution in [3.05, 3.63) is 23.8 Å². The van der Waals surface area contributed by atoms with Gasteiger partial charge in [-0.25, -0.2) is 0 Å².